The van der Waals surface area contributed by atoms with Crippen molar-refractivity contribution in [3.63, 3.8) is 0 Å². The molecule has 0 aliphatic carbocycles. The molecule has 1 unspecified atom stereocenters. The topological polar surface area (TPSA) is 26.0 Å². The predicted octanol–water partition coefficient (Wildman–Crippen LogP) is 3.45. The van der Waals surface area contributed by atoms with E-state index >= 15 is 0 Å². The van der Waals surface area contributed by atoms with E-state index in [-0.39, 0.29) is 16.9 Å². The van der Waals surface area contributed by atoms with Gasteiger partial charge in [0.1, 0.15) is 5.82 Å². The zero-order chi connectivity index (χ0) is 11.3. The van der Waals surface area contributed by atoms with Gasteiger partial charge in [0.2, 0.25) is 0 Å². The zero-order valence-corrected chi connectivity index (χ0v) is 10.2. The van der Waals surface area contributed by atoms with Gasteiger partial charge in [-0.2, -0.15) is 11.8 Å². The van der Waals surface area contributed by atoms with Crippen LogP contribution < -0.4 is 5.73 Å². The van der Waals surface area contributed by atoms with Crippen molar-refractivity contribution in [1.82, 2.24) is 0 Å². The van der Waals surface area contributed by atoms with E-state index in [0.717, 1.165) is 23.5 Å². The van der Waals surface area contributed by atoms with Gasteiger partial charge in [0.25, 0.3) is 0 Å². The Bertz CT molecular complexity index is 317. The zero-order valence-electron chi connectivity index (χ0n) is 8.67. The van der Waals surface area contributed by atoms with Gasteiger partial charge in [0.15, 0.2) is 0 Å². The molecule has 2 N–H and O–H groups in total. The quantitative estimate of drug-likeness (QED) is 0.807. The first-order valence-corrected chi connectivity index (χ1v) is 6.40. The minimum atomic E-state index is -0.345. The molecule has 15 heavy (non-hydrogen) atoms. The van der Waals surface area contributed by atoms with Gasteiger partial charge in [0, 0.05) is 11.8 Å². The molecule has 1 nitrogen and oxygen atoms in total. The van der Waals surface area contributed by atoms with Gasteiger partial charge in [-0.15, -0.1) is 0 Å². The molecule has 0 bridgehead atoms. The van der Waals surface area contributed by atoms with Crippen LogP contribution in [0.1, 0.15) is 18.9 Å². The minimum absolute atomic E-state index is 0.223. The van der Waals surface area contributed by atoms with Crippen LogP contribution >= 0.6 is 23.4 Å². The Morgan fingerprint density at radius 3 is 2.93 bits per heavy atom. The summed E-state index contributed by atoms with van der Waals surface area (Å²) in [6.07, 6.45) is 0.970. The SMILES string of the molecule is CC(N)CCSCc1cccc(F)c1Cl. The van der Waals surface area contributed by atoms with Crippen molar-refractivity contribution in [3.8, 4) is 0 Å². The molecule has 0 aliphatic rings. The second-order valence-corrected chi connectivity index (χ2v) is 5.01. The first-order valence-electron chi connectivity index (χ1n) is 4.87. The highest BCUT2D eigenvalue weighted by molar-refractivity contribution is 7.98. The Balaban J connectivity index is 2.41. The van der Waals surface area contributed by atoms with Crippen LogP contribution in [0, 0.1) is 5.82 Å². The van der Waals surface area contributed by atoms with Crippen LogP contribution in [-0.2, 0) is 5.75 Å². The molecule has 1 aromatic rings. The number of thioether (sulfide) groups is 1. The maximum atomic E-state index is 13.1. The van der Waals surface area contributed by atoms with Gasteiger partial charge in [-0.1, -0.05) is 23.7 Å². The molecule has 0 heterocycles. The van der Waals surface area contributed by atoms with E-state index in [1.807, 2.05) is 13.0 Å². The van der Waals surface area contributed by atoms with Gasteiger partial charge < -0.3 is 5.73 Å². The third kappa shape index (κ3) is 4.41. The lowest BCUT2D eigenvalue weighted by Gasteiger charge is -2.06. The largest absolute Gasteiger partial charge is 0.328 e. The Hall–Kier alpha value is -0.250. The van der Waals surface area contributed by atoms with Crippen molar-refractivity contribution in [3.05, 3.63) is 34.6 Å². The van der Waals surface area contributed by atoms with E-state index in [4.69, 9.17) is 17.3 Å². The summed E-state index contributed by atoms with van der Waals surface area (Å²) < 4.78 is 13.1. The van der Waals surface area contributed by atoms with Crippen molar-refractivity contribution in [1.29, 1.82) is 0 Å². The molecule has 1 rings (SSSR count). The number of benzene rings is 1. The first kappa shape index (κ1) is 12.8. The van der Waals surface area contributed by atoms with Crippen molar-refractivity contribution in [2.45, 2.75) is 25.1 Å². The van der Waals surface area contributed by atoms with Crippen LogP contribution in [0.25, 0.3) is 0 Å². The third-order valence-corrected chi connectivity index (χ3v) is 3.47. The summed E-state index contributed by atoms with van der Waals surface area (Å²) in [6, 6.07) is 5.13. The summed E-state index contributed by atoms with van der Waals surface area (Å²) in [6.45, 7) is 1.98. The standard InChI is InChI=1S/C11H15ClFNS/c1-8(14)5-6-15-7-9-3-2-4-10(13)11(9)12/h2-4,8H,5-7,14H2,1H3. The molecule has 0 fully saturated rings. The summed E-state index contributed by atoms with van der Waals surface area (Å²) in [5, 5.41) is 0.241. The van der Waals surface area contributed by atoms with Gasteiger partial charge in [-0.05, 0) is 30.7 Å². The fraction of sp³-hybridized carbons (Fsp3) is 0.455. The average Bonchev–Trinajstić information content (AvgIpc) is 2.18. The van der Waals surface area contributed by atoms with Crippen molar-refractivity contribution < 1.29 is 4.39 Å². The van der Waals surface area contributed by atoms with E-state index in [1.54, 1.807) is 17.8 Å². The normalized spacial score (nSPS) is 12.8. The van der Waals surface area contributed by atoms with Gasteiger partial charge >= 0.3 is 0 Å². The fourth-order valence-corrected chi connectivity index (χ4v) is 2.53. The lowest BCUT2D eigenvalue weighted by atomic mass is 10.2. The summed E-state index contributed by atoms with van der Waals surface area (Å²) in [5.41, 5.74) is 6.48. The summed E-state index contributed by atoms with van der Waals surface area (Å²) >= 11 is 7.55. The van der Waals surface area contributed by atoms with E-state index in [0.29, 0.717) is 0 Å². The van der Waals surface area contributed by atoms with Crippen molar-refractivity contribution >= 4 is 23.4 Å². The van der Waals surface area contributed by atoms with E-state index < -0.39 is 0 Å². The molecule has 84 valence electrons. The highest BCUT2D eigenvalue weighted by Gasteiger charge is 2.05. The highest BCUT2D eigenvalue weighted by atomic mass is 35.5. The Labute approximate surface area is 99.2 Å². The minimum Gasteiger partial charge on any atom is -0.328 e. The molecule has 0 radical (unpaired) electrons. The lowest BCUT2D eigenvalue weighted by molar-refractivity contribution is 0.627. The van der Waals surface area contributed by atoms with Crippen molar-refractivity contribution in [2.24, 2.45) is 5.73 Å². The van der Waals surface area contributed by atoms with Crippen LogP contribution in [0.4, 0.5) is 4.39 Å². The number of halogens is 2. The molecule has 0 saturated carbocycles. The number of hydrogen-bond donors (Lipinski definition) is 1. The number of rotatable bonds is 5. The van der Waals surface area contributed by atoms with Gasteiger partial charge in [-0.25, -0.2) is 4.39 Å². The maximum absolute atomic E-state index is 13.1. The summed E-state index contributed by atoms with van der Waals surface area (Å²) in [4.78, 5) is 0. The molecule has 0 spiro atoms. The second kappa shape index (κ2) is 6.36. The van der Waals surface area contributed by atoms with Crippen LogP contribution in [0.3, 0.4) is 0 Å². The molecule has 0 aliphatic heterocycles. The summed E-state index contributed by atoms with van der Waals surface area (Å²) in [5.74, 6) is 1.37. The molecule has 4 heteroatoms. The average molecular weight is 248 g/mol. The van der Waals surface area contributed by atoms with E-state index in [1.165, 1.54) is 6.07 Å². The lowest BCUT2D eigenvalue weighted by Crippen LogP contribution is -2.15. The van der Waals surface area contributed by atoms with Crippen LogP contribution in [0.5, 0.6) is 0 Å². The molecule has 0 saturated heterocycles. The molecule has 1 atom stereocenters. The van der Waals surface area contributed by atoms with E-state index in [9.17, 15) is 4.39 Å². The fourth-order valence-electron chi connectivity index (χ4n) is 1.11. The molecular weight excluding hydrogens is 233 g/mol. The third-order valence-electron chi connectivity index (χ3n) is 2.01. The predicted molar refractivity (Wildman–Crippen MR) is 65.8 cm³/mol. The summed E-state index contributed by atoms with van der Waals surface area (Å²) in [7, 11) is 0. The van der Waals surface area contributed by atoms with E-state index in [2.05, 4.69) is 0 Å². The molecular formula is C11H15ClFNS. The molecule has 0 amide bonds. The number of nitrogens with two attached hydrogens (primary N) is 1. The van der Waals surface area contributed by atoms with Crippen LogP contribution in [0.15, 0.2) is 18.2 Å². The van der Waals surface area contributed by atoms with Crippen LogP contribution in [0.2, 0.25) is 5.02 Å². The molecule has 1 aromatic carbocycles. The highest BCUT2D eigenvalue weighted by Crippen LogP contribution is 2.24. The monoisotopic (exact) mass is 247 g/mol. The maximum Gasteiger partial charge on any atom is 0.142 e. The second-order valence-electron chi connectivity index (χ2n) is 3.53. The first-order chi connectivity index (χ1) is 7.11. The smallest absolute Gasteiger partial charge is 0.142 e. The Morgan fingerprint density at radius 1 is 1.53 bits per heavy atom. The van der Waals surface area contributed by atoms with Crippen molar-refractivity contribution in [2.75, 3.05) is 5.75 Å². The Morgan fingerprint density at radius 2 is 2.27 bits per heavy atom. The van der Waals surface area contributed by atoms with Crippen LogP contribution in [-0.4, -0.2) is 11.8 Å². The molecule has 0 aromatic heterocycles. The van der Waals surface area contributed by atoms with Gasteiger partial charge in [-0.3, -0.25) is 0 Å². The van der Waals surface area contributed by atoms with Gasteiger partial charge in [0.05, 0.1) is 5.02 Å². The number of hydrogen-bond acceptors (Lipinski definition) is 2. The Kier molecular flexibility index (Phi) is 5.43.